The SMILES string of the molecule is CC(CCOc1cc(O)cc(Cl)c1)Oc1ccc(C(F)(F)F)cn1. The van der Waals surface area contributed by atoms with Gasteiger partial charge in [-0.25, -0.2) is 4.98 Å². The molecule has 1 heterocycles. The van der Waals surface area contributed by atoms with E-state index in [1.165, 1.54) is 18.2 Å². The van der Waals surface area contributed by atoms with Gasteiger partial charge in [0.25, 0.3) is 0 Å². The molecule has 1 unspecified atom stereocenters. The van der Waals surface area contributed by atoms with Crippen molar-refractivity contribution in [3.05, 3.63) is 47.1 Å². The fourth-order valence-corrected chi connectivity index (χ4v) is 2.08. The van der Waals surface area contributed by atoms with E-state index >= 15 is 0 Å². The first-order valence-corrected chi connectivity index (χ1v) is 7.44. The number of hydrogen-bond donors (Lipinski definition) is 1. The summed E-state index contributed by atoms with van der Waals surface area (Å²) in [6, 6.07) is 6.46. The Morgan fingerprint density at radius 1 is 1.25 bits per heavy atom. The van der Waals surface area contributed by atoms with Crippen molar-refractivity contribution in [1.29, 1.82) is 0 Å². The zero-order valence-corrected chi connectivity index (χ0v) is 13.4. The Balaban J connectivity index is 1.81. The van der Waals surface area contributed by atoms with Crippen LogP contribution >= 0.6 is 11.6 Å². The molecule has 1 aromatic carbocycles. The van der Waals surface area contributed by atoms with Crippen LogP contribution in [0.25, 0.3) is 0 Å². The van der Waals surface area contributed by atoms with E-state index in [0.717, 1.165) is 12.3 Å². The lowest BCUT2D eigenvalue weighted by Gasteiger charge is -2.15. The molecule has 24 heavy (non-hydrogen) atoms. The fraction of sp³-hybridized carbons (Fsp3) is 0.312. The van der Waals surface area contributed by atoms with E-state index in [1.807, 2.05) is 0 Å². The summed E-state index contributed by atoms with van der Waals surface area (Å²) in [6.07, 6.45) is -3.54. The van der Waals surface area contributed by atoms with E-state index in [1.54, 1.807) is 13.0 Å². The number of ether oxygens (including phenoxy) is 2. The Morgan fingerprint density at radius 3 is 2.58 bits per heavy atom. The summed E-state index contributed by atoms with van der Waals surface area (Å²) < 4.78 is 48.2. The summed E-state index contributed by atoms with van der Waals surface area (Å²) >= 11 is 5.79. The minimum absolute atomic E-state index is 0.00393. The number of rotatable bonds is 6. The Morgan fingerprint density at radius 2 is 2.00 bits per heavy atom. The first-order chi connectivity index (χ1) is 11.2. The molecule has 0 saturated heterocycles. The molecular formula is C16H15ClF3NO3. The van der Waals surface area contributed by atoms with Crippen LogP contribution in [-0.4, -0.2) is 22.8 Å². The van der Waals surface area contributed by atoms with Gasteiger partial charge in [0.1, 0.15) is 17.6 Å². The first kappa shape index (κ1) is 18.2. The molecule has 8 heteroatoms. The molecule has 0 saturated carbocycles. The van der Waals surface area contributed by atoms with Gasteiger partial charge in [0.2, 0.25) is 5.88 Å². The van der Waals surface area contributed by atoms with Crippen molar-refractivity contribution >= 4 is 11.6 Å². The van der Waals surface area contributed by atoms with Crippen LogP contribution in [0.1, 0.15) is 18.9 Å². The van der Waals surface area contributed by atoms with Crippen molar-refractivity contribution < 1.29 is 27.8 Å². The number of nitrogens with zero attached hydrogens (tertiary/aromatic N) is 1. The molecule has 0 spiro atoms. The fourth-order valence-electron chi connectivity index (χ4n) is 1.86. The first-order valence-electron chi connectivity index (χ1n) is 7.06. The van der Waals surface area contributed by atoms with Crippen molar-refractivity contribution in [2.45, 2.75) is 25.6 Å². The van der Waals surface area contributed by atoms with Crippen molar-refractivity contribution in [3.8, 4) is 17.4 Å². The van der Waals surface area contributed by atoms with Crippen LogP contribution in [0.4, 0.5) is 13.2 Å². The number of alkyl halides is 3. The number of hydrogen-bond acceptors (Lipinski definition) is 4. The number of phenols is 1. The summed E-state index contributed by atoms with van der Waals surface area (Å²) in [4.78, 5) is 3.64. The number of phenolic OH excluding ortho intramolecular Hbond substituents is 1. The molecule has 0 aliphatic heterocycles. The standard InChI is InChI=1S/C16H15ClF3NO3/c1-10(4-5-23-14-7-12(17)6-13(22)8-14)24-15-3-2-11(9-21-15)16(18,19)20/h2-3,6-10,22H,4-5H2,1H3. The Bertz CT molecular complexity index is 657. The normalized spacial score (nSPS) is 12.7. The molecule has 2 rings (SSSR count). The van der Waals surface area contributed by atoms with Crippen LogP contribution in [0.3, 0.4) is 0 Å². The molecule has 4 nitrogen and oxygen atoms in total. The minimum atomic E-state index is -4.42. The Kier molecular flexibility index (Phi) is 5.77. The molecular weight excluding hydrogens is 347 g/mol. The van der Waals surface area contributed by atoms with Crippen molar-refractivity contribution in [2.24, 2.45) is 0 Å². The zero-order valence-electron chi connectivity index (χ0n) is 12.7. The lowest BCUT2D eigenvalue weighted by molar-refractivity contribution is -0.137. The highest BCUT2D eigenvalue weighted by Crippen LogP contribution is 2.29. The Labute approximate surface area is 141 Å². The highest BCUT2D eigenvalue weighted by atomic mass is 35.5. The van der Waals surface area contributed by atoms with Crippen molar-refractivity contribution in [3.63, 3.8) is 0 Å². The maximum atomic E-state index is 12.4. The number of pyridine rings is 1. The van der Waals surface area contributed by atoms with Crippen LogP contribution in [0.2, 0.25) is 5.02 Å². The monoisotopic (exact) mass is 361 g/mol. The third kappa shape index (κ3) is 5.49. The van der Waals surface area contributed by atoms with Gasteiger partial charge in [-0.3, -0.25) is 0 Å². The van der Waals surface area contributed by atoms with Gasteiger partial charge in [-0.2, -0.15) is 13.2 Å². The molecule has 0 bridgehead atoms. The van der Waals surface area contributed by atoms with Gasteiger partial charge in [-0.15, -0.1) is 0 Å². The molecule has 0 amide bonds. The second kappa shape index (κ2) is 7.61. The van der Waals surface area contributed by atoms with Gasteiger partial charge in [-0.1, -0.05) is 11.6 Å². The predicted molar refractivity (Wildman–Crippen MR) is 82.6 cm³/mol. The zero-order chi connectivity index (χ0) is 17.7. The molecule has 1 N–H and O–H groups in total. The smallest absolute Gasteiger partial charge is 0.417 e. The van der Waals surface area contributed by atoms with E-state index in [-0.39, 0.29) is 24.3 Å². The van der Waals surface area contributed by atoms with Gasteiger partial charge in [0, 0.05) is 29.8 Å². The third-order valence-corrected chi connectivity index (χ3v) is 3.25. The van der Waals surface area contributed by atoms with Gasteiger partial charge >= 0.3 is 6.18 Å². The summed E-state index contributed by atoms with van der Waals surface area (Å²) in [5.41, 5.74) is -0.827. The Hall–Kier alpha value is -2.15. The molecule has 0 aliphatic carbocycles. The van der Waals surface area contributed by atoms with Crippen LogP contribution in [0, 0.1) is 0 Å². The number of aromatic nitrogens is 1. The van der Waals surface area contributed by atoms with Gasteiger partial charge in [-0.05, 0) is 25.1 Å². The van der Waals surface area contributed by atoms with Gasteiger partial charge in [0.15, 0.2) is 0 Å². The lowest BCUT2D eigenvalue weighted by Crippen LogP contribution is -2.16. The summed E-state index contributed by atoms with van der Waals surface area (Å²) in [7, 11) is 0. The molecule has 0 radical (unpaired) electrons. The average molecular weight is 362 g/mol. The summed E-state index contributed by atoms with van der Waals surface area (Å²) in [6.45, 7) is 2.03. The largest absolute Gasteiger partial charge is 0.508 e. The molecule has 0 fully saturated rings. The van der Waals surface area contributed by atoms with E-state index < -0.39 is 11.7 Å². The van der Waals surface area contributed by atoms with E-state index in [0.29, 0.717) is 17.2 Å². The van der Waals surface area contributed by atoms with Crippen LogP contribution in [0.15, 0.2) is 36.5 Å². The second-order valence-electron chi connectivity index (χ2n) is 5.09. The molecule has 2 aromatic rings. The van der Waals surface area contributed by atoms with Crippen LogP contribution < -0.4 is 9.47 Å². The lowest BCUT2D eigenvalue weighted by atomic mass is 10.2. The molecule has 1 atom stereocenters. The summed E-state index contributed by atoms with van der Waals surface area (Å²) in [5, 5.41) is 9.75. The maximum Gasteiger partial charge on any atom is 0.417 e. The van der Waals surface area contributed by atoms with Crippen LogP contribution in [-0.2, 0) is 6.18 Å². The minimum Gasteiger partial charge on any atom is -0.508 e. The maximum absolute atomic E-state index is 12.4. The average Bonchev–Trinajstić information content (AvgIpc) is 2.45. The van der Waals surface area contributed by atoms with Crippen LogP contribution in [0.5, 0.6) is 17.4 Å². The summed E-state index contributed by atoms with van der Waals surface area (Å²) in [5.74, 6) is 0.520. The van der Waals surface area contributed by atoms with E-state index in [2.05, 4.69) is 4.98 Å². The van der Waals surface area contributed by atoms with Gasteiger partial charge in [0.05, 0.1) is 12.2 Å². The van der Waals surface area contributed by atoms with E-state index in [4.69, 9.17) is 21.1 Å². The van der Waals surface area contributed by atoms with E-state index in [9.17, 15) is 18.3 Å². The second-order valence-corrected chi connectivity index (χ2v) is 5.53. The topological polar surface area (TPSA) is 51.6 Å². The highest BCUT2D eigenvalue weighted by Gasteiger charge is 2.30. The van der Waals surface area contributed by atoms with Crippen molar-refractivity contribution in [2.75, 3.05) is 6.61 Å². The molecule has 0 aliphatic rings. The molecule has 1 aromatic heterocycles. The third-order valence-electron chi connectivity index (χ3n) is 3.03. The molecule has 130 valence electrons. The highest BCUT2D eigenvalue weighted by molar-refractivity contribution is 6.30. The number of halogens is 4. The quantitative estimate of drug-likeness (QED) is 0.810. The number of benzene rings is 1. The predicted octanol–water partition coefficient (Wildman–Crippen LogP) is 4.70. The van der Waals surface area contributed by atoms with Gasteiger partial charge < -0.3 is 14.6 Å². The number of aromatic hydroxyl groups is 1. The van der Waals surface area contributed by atoms with Crippen molar-refractivity contribution in [1.82, 2.24) is 4.98 Å².